The Kier molecular flexibility index (Phi) is 7.05. The van der Waals surface area contributed by atoms with Gasteiger partial charge in [-0.1, -0.05) is 32.4 Å². The van der Waals surface area contributed by atoms with E-state index in [2.05, 4.69) is 24.5 Å². The van der Waals surface area contributed by atoms with Crippen molar-refractivity contribution in [2.45, 2.75) is 64.6 Å². The highest BCUT2D eigenvalue weighted by atomic mass is 35.5. The highest BCUT2D eigenvalue weighted by molar-refractivity contribution is 6.46. The Balaban J connectivity index is 1.26. The number of carbonyl (C=O) groups is 2. The van der Waals surface area contributed by atoms with E-state index in [9.17, 15) is 14.0 Å². The first-order chi connectivity index (χ1) is 18.3. The lowest BCUT2D eigenvalue weighted by atomic mass is 9.43. The van der Waals surface area contributed by atoms with Gasteiger partial charge in [-0.15, -0.1) is 0 Å². The number of rotatable bonds is 7. The van der Waals surface area contributed by atoms with Crippen LogP contribution in [0.5, 0.6) is 0 Å². The zero-order valence-electron chi connectivity index (χ0n) is 22.2. The summed E-state index contributed by atoms with van der Waals surface area (Å²) in [7, 11) is -0.836. The molecule has 3 saturated carbocycles. The highest BCUT2D eigenvalue weighted by Crippen LogP contribution is 2.66. The summed E-state index contributed by atoms with van der Waals surface area (Å²) in [6.45, 7) is 8.04. The maximum absolute atomic E-state index is 15.3. The summed E-state index contributed by atoms with van der Waals surface area (Å²) in [5.74, 6) is -5.91. The number of benzene rings is 2. The molecule has 1 heterocycles. The van der Waals surface area contributed by atoms with Crippen molar-refractivity contribution in [3.63, 3.8) is 0 Å². The van der Waals surface area contributed by atoms with Crippen LogP contribution in [0.15, 0.2) is 36.4 Å². The van der Waals surface area contributed by atoms with Crippen molar-refractivity contribution in [2.75, 3.05) is 11.8 Å². The third kappa shape index (κ3) is 4.64. The predicted octanol–water partition coefficient (Wildman–Crippen LogP) is 5.91. The fourth-order valence-corrected chi connectivity index (χ4v) is 6.84. The quantitative estimate of drug-likeness (QED) is 0.412. The smallest absolute Gasteiger partial charge is 0.404 e. The number of aryl methyl sites for hydroxylation is 1. The molecule has 3 aliphatic carbocycles. The molecule has 6 rings (SSSR count). The van der Waals surface area contributed by atoms with Crippen LogP contribution in [-0.2, 0) is 20.0 Å². The van der Waals surface area contributed by atoms with Crippen molar-refractivity contribution in [1.82, 2.24) is 5.32 Å². The number of hydrogen-bond acceptors (Lipinski definition) is 4. The molecule has 2 bridgehead atoms. The zero-order chi connectivity index (χ0) is 28.3. The topological polar surface area (TPSA) is 76.7 Å². The molecule has 0 radical (unpaired) electrons. The van der Waals surface area contributed by atoms with Gasteiger partial charge in [0.1, 0.15) is 5.82 Å². The number of amides is 2. The van der Waals surface area contributed by atoms with Gasteiger partial charge in [-0.2, -0.15) is 8.78 Å². The summed E-state index contributed by atoms with van der Waals surface area (Å²) in [5, 5.41) is 4.43. The highest BCUT2D eigenvalue weighted by Gasteiger charge is 2.69. The van der Waals surface area contributed by atoms with Crippen LogP contribution in [-0.4, -0.2) is 37.1 Å². The fourth-order valence-electron chi connectivity index (χ4n) is 6.60. The van der Waals surface area contributed by atoms with Crippen LogP contribution in [0.25, 0.3) is 0 Å². The third-order valence-corrected chi connectivity index (χ3v) is 9.35. The minimum absolute atomic E-state index is 0.128. The SMILES string of the molecule is CC[C@@]12OB(CNC(=O)C(F)(F)c3cc(C(=O)Nc4ccc(F)c(C)c4)ccc3Cl)O[C@@H]1CC1C[C@H]2C1(C)C. The molecular weight excluding hydrogens is 532 g/mol. The van der Waals surface area contributed by atoms with Crippen molar-refractivity contribution in [1.29, 1.82) is 0 Å². The van der Waals surface area contributed by atoms with Gasteiger partial charge in [-0.25, -0.2) is 4.39 Å². The molecule has 39 heavy (non-hydrogen) atoms. The maximum Gasteiger partial charge on any atom is 0.478 e. The van der Waals surface area contributed by atoms with Gasteiger partial charge in [0.25, 0.3) is 11.8 Å². The van der Waals surface area contributed by atoms with Crippen LogP contribution in [0.1, 0.15) is 61.5 Å². The number of nitrogens with one attached hydrogen (secondary N) is 2. The summed E-state index contributed by atoms with van der Waals surface area (Å²) in [6.07, 6.45) is 2.27. The molecule has 1 unspecified atom stereocenters. The number of alkyl halides is 2. The Hall–Kier alpha value is -2.56. The summed E-state index contributed by atoms with van der Waals surface area (Å²) in [5.41, 5.74) is -0.689. The Bertz CT molecular complexity index is 1330. The zero-order valence-corrected chi connectivity index (χ0v) is 23.0. The molecule has 2 aromatic carbocycles. The lowest BCUT2D eigenvalue weighted by Gasteiger charge is -2.65. The standard InChI is InChI=1S/C28H31BClF3N2O4/c1-5-27-22-12-17(26(22,3)4)13-23(27)38-29(39-27)14-34-25(37)28(32,33)19-11-16(6-8-20(19)30)24(36)35-18-7-9-21(31)15(2)10-18/h6-11,17,22-23H,5,12-14H2,1-4H3,(H,34,37)(H,35,36)/t17?,22-,23+,27-/m0/s1. The van der Waals surface area contributed by atoms with Crippen molar-refractivity contribution in [3.05, 3.63) is 63.9 Å². The fraction of sp³-hybridized carbons (Fsp3) is 0.500. The normalized spacial score (nSPS) is 27.0. The van der Waals surface area contributed by atoms with Crippen molar-refractivity contribution < 1.29 is 32.1 Å². The first-order valence-electron chi connectivity index (χ1n) is 13.2. The molecule has 1 aliphatic heterocycles. The van der Waals surface area contributed by atoms with Gasteiger partial charge in [0.2, 0.25) is 0 Å². The van der Waals surface area contributed by atoms with E-state index >= 15 is 8.78 Å². The summed E-state index contributed by atoms with van der Waals surface area (Å²) < 4.78 is 56.5. The molecule has 1 saturated heterocycles. The molecule has 4 atom stereocenters. The maximum atomic E-state index is 15.3. The molecule has 11 heteroatoms. The average molecular weight is 563 g/mol. The van der Waals surface area contributed by atoms with Gasteiger partial charge in [-0.3, -0.25) is 9.59 Å². The van der Waals surface area contributed by atoms with Gasteiger partial charge in [0.15, 0.2) is 0 Å². The molecule has 208 valence electrons. The van der Waals surface area contributed by atoms with E-state index in [-0.39, 0.29) is 28.5 Å². The number of halogens is 4. The minimum Gasteiger partial charge on any atom is -0.404 e. The average Bonchev–Trinajstić information content (AvgIpc) is 3.28. The van der Waals surface area contributed by atoms with Gasteiger partial charge in [-0.05, 0) is 85.4 Å². The van der Waals surface area contributed by atoms with Crippen molar-refractivity contribution in [3.8, 4) is 0 Å². The summed E-state index contributed by atoms with van der Waals surface area (Å²) in [4.78, 5) is 25.4. The monoisotopic (exact) mass is 562 g/mol. The van der Waals surface area contributed by atoms with Crippen LogP contribution in [0.2, 0.25) is 5.02 Å². The summed E-state index contributed by atoms with van der Waals surface area (Å²) in [6, 6.07) is 7.25. The third-order valence-electron chi connectivity index (χ3n) is 9.02. The van der Waals surface area contributed by atoms with E-state index in [0.717, 1.165) is 31.4 Å². The molecule has 0 spiro atoms. The van der Waals surface area contributed by atoms with E-state index in [4.69, 9.17) is 20.9 Å². The van der Waals surface area contributed by atoms with E-state index in [1.54, 1.807) is 0 Å². The van der Waals surface area contributed by atoms with Gasteiger partial charge < -0.3 is 19.9 Å². The van der Waals surface area contributed by atoms with E-state index < -0.39 is 41.8 Å². The minimum atomic E-state index is -4.03. The van der Waals surface area contributed by atoms with Gasteiger partial charge in [0.05, 0.1) is 28.7 Å². The molecule has 2 amide bonds. The van der Waals surface area contributed by atoms with E-state index in [1.807, 2.05) is 6.92 Å². The number of hydrogen-bond donors (Lipinski definition) is 2. The molecular formula is C28H31BClF3N2O4. The molecule has 2 aromatic rings. The van der Waals surface area contributed by atoms with Crippen molar-refractivity contribution in [2.24, 2.45) is 17.3 Å². The molecule has 4 fully saturated rings. The van der Waals surface area contributed by atoms with E-state index in [1.165, 1.54) is 31.2 Å². The largest absolute Gasteiger partial charge is 0.478 e. The van der Waals surface area contributed by atoms with Crippen LogP contribution >= 0.6 is 11.6 Å². The van der Waals surface area contributed by atoms with Crippen LogP contribution in [0.3, 0.4) is 0 Å². The lowest BCUT2D eigenvalue weighted by molar-refractivity contribution is -0.208. The Morgan fingerprint density at radius 2 is 1.92 bits per heavy atom. The van der Waals surface area contributed by atoms with Gasteiger partial charge in [0, 0.05) is 11.3 Å². The second kappa shape index (κ2) is 9.82. The number of anilines is 1. The molecule has 2 N–H and O–H groups in total. The predicted molar refractivity (Wildman–Crippen MR) is 142 cm³/mol. The lowest BCUT2D eigenvalue weighted by Crippen LogP contribution is -2.66. The van der Waals surface area contributed by atoms with Crippen LogP contribution < -0.4 is 10.6 Å². The van der Waals surface area contributed by atoms with Gasteiger partial charge >= 0.3 is 13.0 Å². The Morgan fingerprint density at radius 3 is 2.59 bits per heavy atom. The van der Waals surface area contributed by atoms with E-state index in [0.29, 0.717) is 23.1 Å². The molecule has 6 nitrogen and oxygen atoms in total. The summed E-state index contributed by atoms with van der Waals surface area (Å²) >= 11 is 6.04. The van der Waals surface area contributed by atoms with Crippen LogP contribution in [0.4, 0.5) is 18.9 Å². The Morgan fingerprint density at radius 1 is 1.18 bits per heavy atom. The first-order valence-corrected chi connectivity index (χ1v) is 13.5. The Labute approximate surface area is 231 Å². The molecule has 4 aliphatic rings. The number of carbonyl (C=O) groups excluding carboxylic acids is 2. The molecule has 0 aromatic heterocycles. The first kappa shape index (κ1) is 28.0. The second-order valence-corrected chi connectivity index (χ2v) is 11.8. The van der Waals surface area contributed by atoms with Crippen LogP contribution in [0, 0.1) is 30.0 Å². The second-order valence-electron chi connectivity index (χ2n) is 11.4. The van der Waals surface area contributed by atoms with Crippen molar-refractivity contribution >= 4 is 36.2 Å².